The first-order valence-corrected chi connectivity index (χ1v) is 8.53. The fraction of sp³-hybridized carbons (Fsp3) is 0.429. The second-order valence-electron chi connectivity index (χ2n) is 5.25. The van der Waals surface area contributed by atoms with Gasteiger partial charge in [-0.3, -0.25) is 4.79 Å². The highest BCUT2D eigenvalue weighted by Gasteiger charge is 2.19. The summed E-state index contributed by atoms with van der Waals surface area (Å²) in [6.45, 7) is 3.87. The summed E-state index contributed by atoms with van der Waals surface area (Å²) in [5.41, 5.74) is 1.04. The standard InChI is InChI=1S/C14H19N3O3S/c1-3-4-11(2)9-21(19,20)16-14(18)12-5-6-17-10-15-8-13(17)7-12/h5-8,10-11H,3-4,9H2,1-2H3,(H,16,18)/t11-/m0/s1. The smallest absolute Gasteiger partial charge is 0.264 e. The highest BCUT2D eigenvalue weighted by Crippen LogP contribution is 2.10. The van der Waals surface area contributed by atoms with Gasteiger partial charge in [0, 0.05) is 11.8 Å². The molecule has 0 aliphatic rings. The van der Waals surface area contributed by atoms with Crippen molar-refractivity contribution in [2.24, 2.45) is 5.92 Å². The minimum absolute atomic E-state index is 0.0256. The summed E-state index contributed by atoms with van der Waals surface area (Å²) >= 11 is 0. The zero-order chi connectivity index (χ0) is 15.5. The highest BCUT2D eigenvalue weighted by molar-refractivity contribution is 7.90. The predicted molar refractivity (Wildman–Crippen MR) is 80.5 cm³/mol. The van der Waals surface area contributed by atoms with E-state index in [1.54, 1.807) is 35.3 Å². The lowest BCUT2D eigenvalue weighted by Crippen LogP contribution is -2.34. The first-order chi connectivity index (χ1) is 9.91. The minimum Gasteiger partial charge on any atom is -0.306 e. The molecule has 0 saturated heterocycles. The Balaban J connectivity index is 2.09. The number of carbonyl (C=O) groups excluding carboxylic acids is 1. The Bertz CT molecular complexity index is 737. The van der Waals surface area contributed by atoms with Crippen LogP contribution in [-0.4, -0.2) is 29.5 Å². The molecule has 2 heterocycles. The van der Waals surface area contributed by atoms with Crippen molar-refractivity contribution in [1.29, 1.82) is 0 Å². The molecule has 0 aromatic carbocycles. The number of amides is 1. The van der Waals surface area contributed by atoms with E-state index in [9.17, 15) is 13.2 Å². The lowest BCUT2D eigenvalue weighted by Gasteiger charge is -2.11. The molecule has 114 valence electrons. The summed E-state index contributed by atoms with van der Waals surface area (Å²) in [4.78, 5) is 16.0. The van der Waals surface area contributed by atoms with E-state index < -0.39 is 15.9 Å². The topological polar surface area (TPSA) is 80.5 Å². The van der Waals surface area contributed by atoms with Crippen LogP contribution in [0.25, 0.3) is 5.52 Å². The Morgan fingerprint density at radius 2 is 2.24 bits per heavy atom. The Hall–Kier alpha value is -1.89. The normalized spacial score (nSPS) is 13.2. The van der Waals surface area contributed by atoms with Gasteiger partial charge in [-0.15, -0.1) is 0 Å². The van der Waals surface area contributed by atoms with Crippen LogP contribution in [0.2, 0.25) is 0 Å². The van der Waals surface area contributed by atoms with Crippen LogP contribution in [-0.2, 0) is 10.0 Å². The lowest BCUT2D eigenvalue weighted by molar-refractivity contribution is 0.0981. The highest BCUT2D eigenvalue weighted by atomic mass is 32.2. The molecule has 0 radical (unpaired) electrons. The number of rotatable bonds is 6. The van der Waals surface area contributed by atoms with Gasteiger partial charge >= 0.3 is 0 Å². The van der Waals surface area contributed by atoms with Gasteiger partial charge in [0.2, 0.25) is 10.0 Å². The summed E-state index contributed by atoms with van der Waals surface area (Å²) in [5.74, 6) is -0.623. The van der Waals surface area contributed by atoms with Crippen LogP contribution in [0.4, 0.5) is 0 Å². The Kier molecular flexibility index (Phi) is 4.62. The summed E-state index contributed by atoms with van der Waals surface area (Å²) < 4.78 is 27.8. The Labute approximate surface area is 124 Å². The van der Waals surface area contributed by atoms with Gasteiger partial charge < -0.3 is 4.40 Å². The number of hydrogen-bond donors (Lipinski definition) is 1. The third kappa shape index (κ3) is 4.04. The van der Waals surface area contributed by atoms with E-state index in [1.807, 2.05) is 13.8 Å². The molecule has 0 aliphatic carbocycles. The van der Waals surface area contributed by atoms with E-state index in [0.29, 0.717) is 5.56 Å². The molecular formula is C14H19N3O3S. The average Bonchev–Trinajstić information content (AvgIpc) is 2.84. The van der Waals surface area contributed by atoms with E-state index >= 15 is 0 Å². The van der Waals surface area contributed by atoms with Crippen molar-refractivity contribution in [1.82, 2.24) is 14.1 Å². The monoisotopic (exact) mass is 309 g/mol. The number of fused-ring (bicyclic) bond motifs is 1. The summed E-state index contributed by atoms with van der Waals surface area (Å²) in [6, 6.07) is 3.17. The maximum absolute atomic E-state index is 12.0. The molecule has 2 rings (SSSR count). The van der Waals surface area contributed by atoms with Crippen molar-refractivity contribution in [3.8, 4) is 0 Å². The zero-order valence-corrected chi connectivity index (χ0v) is 12.9. The van der Waals surface area contributed by atoms with Crippen molar-refractivity contribution >= 4 is 21.4 Å². The van der Waals surface area contributed by atoms with E-state index in [4.69, 9.17) is 0 Å². The molecule has 1 amide bonds. The maximum Gasteiger partial charge on any atom is 0.264 e. The van der Waals surface area contributed by atoms with Gasteiger partial charge in [0.1, 0.15) is 0 Å². The molecule has 0 aliphatic heterocycles. The molecule has 0 fully saturated rings. The second kappa shape index (κ2) is 6.26. The van der Waals surface area contributed by atoms with Gasteiger partial charge in [0.05, 0.1) is 23.8 Å². The van der Waals surface area contributed by atoms with Crippen LogP contribution in [0.15, 0.2) is 30.9 Å². The first-order valence-electron chi connectivity index (χ1n) is 6.88. The van der Waals surface area contributed by atoms with Crippen molar-refractivity contribution in [3.63, 3.8) is 0 Å². The molecule has 21 heavy (non-hydrogen) atoms. The Morgan fingerprint density at radius 3 is 2.95 bits per heavy atom. The van der Waals surface area contributed by atoms with Crippen LogP contribution >= 0.6 is 0 Å². The molecule has 0 saturated carbocycles. The minimum atomic E-state index is -3.61. The van der Waals surface area contributed by atoms with Crippen molar-refractivity contribution in [3.05, 3.63) is 36.4 Å². The van der Waals surface area contributed by atoms with E-state index in [0.717, 1.165) is 18.4 Å². The molecule has 0 bridgehead atoms. The molecule has 6 nitrogen and oxygen atoms in total. The molecule has 0 spiro atoms. The molecule has 2 aromatic rings. The number of aromatic nitrogens is 2. The van der Waals surface area contributed by atoms with Gasteiger partial charge in [-0.25, -0.2) is 18.1 Å². The lowest BCUT2D eigenvalue weighted by atomic mass is 10.1. The van der Waals surface area contributed by atoms with Gasteiger partial charge in [0.15, 0.2) is 0 Å². The summed E-state index contributed by atoms with van der Waals surface area (Å²) in [6.07, 6.45) is 6.62. The van der Waals surface area contributed by atoms with Crippen molar-refractivity contribution in [2.75, 3.05) is 5.75 Å². The van der Waals surface area contributed by atoms with Gasteiger partial charge in [-0.1, -0.05) is 20.3 Å². The van der Waals surface area contributed by atoms with Crippen LogP contribution in [0, 0.1) is 5.92 Å². The fourth-order valence-corrected chi connectivity index (χ4v) is 3.65. The zero-order valence-electron chi connectivity index (χ0n) is 12.1. The fourth-order valence-electron chi connectivity index (χ4n) is 2.25. The molecular weight excluding hydrogens is 290 g/mol. The van der Waals surface area contributed by atoms with Crippen molar-refractivity contribution in [2.45, 2.75) is 26.7 Å². The van der Waals surface area contributed by atoms with Crippen LogP contribution in [0.3, 0.4) is 0 Å². The third-order valence-corrected chi connectivity index (χ3v) is 4.71. The first kappa shape index (κ1) is 15.5. The number of sulfonamides is 1. The molecule has 7 heteroatoms. The van der Waals surface area contributed by atoms with Gasteiger partial charge in [0.25, 0.3) is 5.91 Å². The molecule has 1 atom stereocenters. The number of hydrogen-bond acceptors (Lipinski definition) is 4. The number of imidazole rings is 1. The van der Waals surface area contributed by atoms with Crippen molar-refractivity contribution < 1.29 is 13.2 Å². The molecule has 1 N–H and O–H groups in total. The number of carbonyl (C=O) groups is 1. The Morgan fingerprint density at radius 1 is 1.48 bits per heavy atom. The quantitative estimate of drug-likeness (QED) is 0.882. The predicted octanol–water partition coefficient (Wildman–Crippen LogP) is 1.83. The second-order valence-corrected chi connectivity index (χ2v) is 7.01. The summed E-state index contributed by atoms with van der Waals surface area (Å²) in [5, 5.41) is 0. The summed E-state index contributed by atoms with van der Waals surface area (Å²) in [7, 11) is -3.61. The number of nitrogens with one attached hydrogen (secondary N) is 1. The maximum atomic E-state index is 12.0. The van der Waals surface area contributed by atoms with E-state index in [2.05, 4.69) is 9.71 Å². The van der Waals surface area contributed by atoms with Gasteiger partial charge in [-0.05, 0) is 24.5 Å². The number of pyridine rings is 1. The molecule has 2 aromatic heterocycles. The number of nitrogens with zero attached hydrogens (tertiary/aromatic N) is 2. The van der Waals surface area contributed by atoms with E-state index in [1.165, 1.54) is 0 Å². The van der Waals surface area contributed by atoms with Crippen LogP contribution in [0.5, 0.6) is 0 Å². The van der Waals surface area contributed by atoms with Gasteiger partial charge in [-0.2, -0.15) is 0 Å². The largest absolute Gasteiger partial charge is 0.306 e. The van der Waals surface area contributed by atoms with E-state index in [-0.39, 0.29) is 11.7 Å². The average molecular weight is 309 g/mol. The SMILES string of the molecule is CCC[C@H](C)CS(=O)(=O)NC(=O)c1ccn2cncc2c1. The molecule has 0 unspecified atom stereocenters. The third-order valence-electron chi connectivity index (χ3n) is 3.21. The van der Waals surface area contributed by atoms with Crippen LogP contribution in [0.1, 0.15) is 37.0 Å². The van der Waals surface area contributed by atoms with Crippen LogP contribution < -0.4 is 4.72 Å².